The molecule has 17 heavy (non-hydrogen) atoms. The first kappa shape index (κ1) is 12.9. The number of hydrogen-bond donors (Lipinski definition) is 1. The van der Waals surface area contributed by atoms with Crippen LogP contribution < -0.4 is 5.32 Å². The van der Waals surface area contributed by atoms with Crippen molar-refractivity contribution in [3.05, 3.63) is 0 Å². The third kappa shape index (κ3) is 2.34. The minimum absolute atomic E-state index is 0.172. The van der Waals surface area contributed by atoms with Gasteiger partial charge in [-0.3, -0.25) is 4.90 Å². The number of nitrogens with zero attached hydrogens (tertiary/aromatic N) is 2. The van der Waals surface area contributed by atoms with Gasteiger partial charge in [0.25, 0.3) is 0 Å². The molecule has 3 heteroatoms. The Kier molecular flexibility index (Phi) is 4.06. The van der Waals surface area contributed by atoms with Gasteiger partial charge >= 0.3 is 0 Å². The third-order valence-electron chi connectivity index (χ3n) is 4.62. The molecular formula is C14H25N3. The van der Waals surface area contributed by atoms with E-state index >= 15 is 0 Å². The van der Waals surface area contributed by atoms with Crippen LogP contribution in [0, 0.1) is 23.2 Å². The van der Waals surface area contributed by atoms with Crippen LogP contribution in [0.1, 0.15) is 39.5 Å². The molecule has 1 aliphatic carbocycles. The molecule has 0 aromatic heterocycles. The number of nitriles is 1. The van der Waals surface area contributed by atoms with E-state index in [2.05, 4.69) is 30.1 Å². The predicted octanol–water partition coefficient (Wildman–Crippen LogP) is 2.00. The van der Waals surface area contributed by atoms with Gasteiger partial charge < -0.3 is 5.32 Å². The van der Waals surface area contributed by atoms with Gasteiger partial charge in [-0.2, -0.15) is 5.26 Å². The van der Waals surface area contributed by atoms with Crippen molar-refractivity contribution in [2.24, 2.45) is 11.8 Å². The van der Waals surface area contributed by atoms with Crippen molar-refractivity contribution in [3.63, 3.8) is 0 Å². The Morgan fingerprint density at radius 1 is 1.29 bits per heavy atom. The van der Waals surface area contributed by atoms with Crippen LogP contribution in [0.4, 0.5) is 0 Å². The number of nitrogens with one attached hydrogen (secondary N) is 1. The van der Waals surface area contributed by atoms with Gasteiger partial charge in [0, 0.05) is 26.2 Å². The molecule has 1 heterocycles. The SMILES string of the molecule is CC(C)C1CCCCC1(C#N)N1CCNCC1. The van der Waals surface area contributed by atoms with Crippen molar-refractivity contribution in [2.75, 3.05) is 26.2 Å². The third-order valence-corrected chi connectivity index (χ3v) is 4.62. The van der Waals surface area contributed by atoms with E-state index in [9.17, 15) is 5.26 Å². The quantitative estimate of drug-likeness (QED) is 0.795. The van der Waals surface area contributed by atoms with E-state index in [1.165, 1.54) is 19.3 Å². The highest BCUT2D eigenvalue weighted by molar-refractivity contribution is 5.14. The standard InChI is InChI=1S/C14H25N3/c1-12(2)13-5-3-4-6-14(13,11-15)17-9-7-16-8-10-17/h12-13,16H,3-10H2,1-2H3. The van der Waals surface area contributed by atoms with Crippen LogP contribution in [0.15, 0.2) is 0 Å². The Morgan fingerprint density at radius 2 is 2.00 bits per heavy atom. The van der Waals surface area contributed by atoms with Crippen molar-refractivity contribution in [1.29, 1.82) is 5.26 Å². The summed E-state index contributed by atoms with van der Waals surface area (Å²) in [6.45, 7) is 8.71. The lowest BCUT2D eigenvalue weighted by atomic mass is 9.67. The van der Waals surface area contributed by atoms with Crippen molar-refractivity contribution < 1.29 is 0 Å². The molecule has 2 fully saturated rings. The lowest BCUT2D eigenvalue weighted by Crippen LogP contribution is -2.60. The van der Waals surface area contributed by atoms with Crippen LogP contribution in [0.25, 0.3) is 0 Å². The van der Waals surface area contributed by atoms with Crippen LogP contribution in [-0.4, -0.2) is 36.6 Å². The predicted molar refractivity (Wildman–Crippen MR) is 69.6 cm³/mol. The Balaban J connectivity index is 2.22. The maximum atomic E-state index is 9.80. The summed E-state index contributed by atoms with van der Waals surface area (Å²) in [4.78, 5) is 2.47. The highest BCUT2D eigenvalue weighted by Gasteiger charge is 2.47. The van der Waals surface area contributed by atoms with E-state index in [-0.39, 0.29) is 5.54 Å². The van der Waals surface area contributed by atoms with Crippen LogP contribution in [-0.2, 0) is 0 Å². The first-order chi connectivity index (χ1) is 8.20. The van der Waals surface area contributed by atoms with E-state index in [0.29, 0.717) is 11.8 Å². The highest BCUT2D eigenvalue weighted by atomic mass is 15.2. The summed E-state index contributed by atoms with van der Waals surface area (Å²) in [6, 6.07) is 2.72. The zero-order chi connectivity index (χ0) is 12.3. The van der Waals surface area contributed by atoms with Crippen molar-refractivity contribution in [3.8, 4) is 6.07 Å². The molecule has 2 unspecified atom stereocenters. The summed E-state index contributed by atoms with van der Waals surface area (Å²) < 4.78 is 0. The molecule has 0 amide bonds. The molecule has 2 atom stereocenters. The summed E-state index contributed by atoms with van der Waals surface area (Å²) in [5, 5.41) is 13.2. The molecule has 1 saturated carbocycles. The zero-order valence-corrected chi connectivity index (χ0v) is 11.2. The van der Waals surface area contributed by atoms with Crippen LogP contribution in [0.5, 0.6) is 0 Å². The number of hydrogen-bond acceptors (Lipinski definition) is 3. The van der Waals surface area contributed by atoms with Gasteiger partial charge in [-0.15, -0.1) is 0 Å². The Morgan fingerprint density at radius 3 is 2.59 bits per heavy atom. The molecule has 3 nitrogen and oxygen atoms in total. The van der Waals surface area contributed by atoms with Gasteiger partial charge in [0.05, 0.1) is 6.07 Å². The Hall–Kier alpha value is -0.590. The molecule has 0 bridgehead atoms. The van der Waals surface area contributed by atoms with Gasteiger partial charge in [-0.1, -0.05) is 26.7 Å². The zero-order valence-electron chi connectivity index (χ0n) is 11.2. The summed E-state index contributed by atoms with van der Waals surface area (Å²) in [5.74, 6) is 1.17. The molecule has 1 saturated heterocycles. The molecule has 0 radical (unpaired) electrons. The van der Waals surface area contributed by atoms with Crippen LogP contribution in [0.2, 0.25) is 0 Å². The second kappa shape index (κ2) is 5.37. The fraction of sp³-hybridized carbons (Fsp3) is 0.929. The highest BCUT2D eigenvalue weighted by Crippen LogP contribution is 2.42. The van der Waals surface area contributed by atoms with Crippen LogP contribution >= 0.6 is 0 Å². The van der Waals surface area contributed by atoms with Crippen LogP contribution in [0.3, 0.4) is 0 Å². The summed E-state index contributed by atoms with van der Waals surface area (Å²) in [5.41, 5.74) is -0.172. The van der Waals surface area contributed by atoms with E-state index in [0.717, 1.165) is 32.6 Å². The molecule has 1 N–H and O–H groups in total. The smallest absolute Gasteiger partial charge is 0.112 e. The lowest BCUT2D eigenvalue weighted by molar-refractivity contribution is 0.0151. The Labute approximate surface area is 105 Å². The largest absolute Gasteiger partial charge is 0.314 e. The molecule has 0 aromatic rings. The summed E-state index contributed by atoms with van der Waals surface area (Å²) >= 11 is 0. The molecule has 2 aliphatic rings. The minimum atomic E-state index is -0.172. The molecule has 1 aliphatic heterocycles. The van der Waals surface area contributed by atoms with Gasteiger partial charge in [-0.25, -0.2) is 0 Å². The fourth-order valence-electron chi connectivity index (χ4n) is 3.73. The average Bonchev–Trinajstić information content (AvgIpc) is 2.39. The van der Waals surface area contributed by atoms with E-state index in [1.807, 2.05) is 0 Å². The van der Waals surface area contributed by atoms with Gasteiger partial charge in [0.15, 0.2) is 0 Å². The minimum Gasteiger partial charge on any atom is -0.314 e. The second-order valence-corrected chi connectivity index (χ2v) is 5.87. The lowest BCUT2D eigenvalue weighted by Gasteiger charge is -2.49. The van der Waals surface area contributed by atoms with Gasteiger partial charge in [0.2, 0.25) is 0 Å². The van der Waals surface area contributed by atoms with E-state index in [4.69, 9.17) is 0 Å². The van der Waals surface area contributed by atoms with Crippen molar-refractivity contribution in [1.82, 2.24) is 10.2 Å². The van der Waals surface area contributed by atoms with Gasteiger partial charge in [-0.05, 0) is 24.7 Å². The number of piperazine rings is 1. The second-order valence-electron chi connectivity index (χ2n) is 5.87. The number of rotatable bonds is 2. The first-order valence-corrected chi connectivity index (χ1v) is 7.08. The maximum absolute atomic E-state index is 9.80. The topological polar surface area (TPSA) is 39.1 Å². The van der Waals surface area contributed by atoms with Crippen molar-refractivity contribution >= 4 is 0 Å². The summed E-state index contributed by atoms with van der Waals surface area (Å²) in [6.07, 6.45) is 4.83. The molecular weight excluding hydrogens is 210 g/mol. The van der Waals surface area contributed by atoms with Gasteiger partial charge in [0.1, 0.15) is 5.54 Å². The molecule has 96 valence electrons. The summed E-state index contributed by atoms with van der Waals surface area (Å²) in [7, 11) is 0. The fourth-order valence-corrected chi connectivity index (χ4v) is 3.73. The molecule has 0 spiro atoms. The molecule has 2 rings (SSSR count). The molecule has 0 aromatic carbocycles. The monoisotopic (exact) mass is 235 g/mol. The first-order valence-electron chi connectivity index (χ1n) is 7.08. The van der Waals surface area contributed by atoms with Crippen molar-refractivity contribution in [2.45, 2.75) is 45.1 Å². The average molecular weight is 235 g/mol. The normalized spacial score (nSPS) is 35.8. The van der Waals surface area contributed by atoms with E-state index in [1.54, 1.807) is 0 Å². The van der Waals surface area contributed by atoms with E-state index < -0.39 is 0 Å². The maximum Gasteiger partial charge on any atom is 0.112 e. The Bertz CT molecular complexity index is 288.